The summed E-state index contributed by atoms with van der Waals surface area (Å²) in [6.45, 7) is 4.47. The van der Waals surface area contributed by atoms with E-state index in [1.807, 2.05) is 56.3 Å². The fraction of sp³-hybridized carbons (Fsp3) is 0.348. The van der Waals surface area contributed by atoms with Crippen LogP contribution in [0.4, 0.5) is 5.69 Å². The number of nitrogens with zero attached hydrogens (tertiary/aromatic N) is 1. The van der Waals surface area contributed by atoms with Crippen molar-refractivity contribution in [1.29, 1.82) is 0 Å². The second-order valence-electron chi connectivity index (χ2n) is 8.29. The van der Waals surface area contributed by atoms with E-state index in [1.54, 1.807) is 4.90 Å². The molecule has 0 spiro atoms. The summed E-state index contributed by atoms with van der Waals surface area (Å²) in [4.78, 5) is 37.7. The van der Waals surface area contributed by atoms with E-state index in [-0.39, 0.29) is 24.3 Å². The molecule has 2 aromatic rings. The summed E-state index contributed by atoms with van der Waals surface area (Å²) < 4.78 is 5.56. The minimum atomic E-state index is -0.442. The molecule has 0 bridgehead atoms. The average molecular weight is 427 g/mol. The van der Waals surface area contributed by atoms with E-state index in [1.165, 1.54) is 0 Å². The van der Waals surface area contributed by atoms with Gasteiger partial charge in [-0.25, -0.2) is 0 Å². The number of rotatable bonds is 3. The molecule has 2 saturated heterocycles. The topological polar surface area (TPSA) is 75.7 Å². The third kappa shape index (κ3) is 3.98. The summed E-state index contributed by atoms with van der Waals surface area (Å²) >= 11 is 6.68. The Labute approximate surface area is 180 Å². The Bertz CT molecular complexity index is 1020. The largest absolute Gasteiger partial charge is 0.364 e. The van der Waals surface area contributed by atoms with Crippen molar-refractivity contribution in [3.05, 3.63) is 53.1 Å². The normalized spacial score (nSPS) is 21.5. The SMILES string of the molecule is CC1(C)CN(c2ccc(-c3cccc(C4CCC(=O)NC4=O)c3Cl)cc2)C(=O)CO1. The highest BCUT2D eigenvalue weighted by atomic mass is 35.5. The highest BCUT2D eigenvalue weighted by Crippen LogP contribution is 2.37. The van der Waals surface area contributed by atoms with E-state index in [2.05, 4.69) is 5.32 Å². The van der Waals surface area contributed by atoms with Crippen molar-refractivity contribution in [3.63, 3.8) is 0 Å². The van der Waals surface area contributed by atoms with Gasteiger partial charge in [-0.2, -0.15) is 0 Å². The molecular formula is C23H23ClN2O4. The van der Waals surface area contributed by atoms with Crippen molar-refractivity contribution in [1.82, 2.24) is 5.32 Å². The van der Waals surface area contributed by atoms with Crippen LogP contribution in [0.5, 0.6) is 0 Å². The monoisotopic (exact) mass is 426 g/mol. The second-order valence-corrected chi connectivity index (χ2v) is 8.67. The molecule has 0 radical (unpaired) electrons. The molecule has 2 aliphatic heterocycles. The van der Waals surface area contributed by atoms with Gasteiger partial charge in [-0.15, -0.1) is 0 Å². The molecule has 2 fully saturated rings. The number of amides is 3. The third-order valence-electron chi connectivity index (χ3n) is 5.56. The van der Waals surface area contributed by atoms with Crippen LogP contribution < -0.4 is 10.2 Å². The lowest BCUT2D eigenvalue weighted by atomic mass is 9.88. The molecule has 1 unspecified atom stereocenters. The summed E-state index contributed by atoms with van der Waals surface area (Å²) in [5.74, 6) is -1.07. The lowest BCUT2D eigenvalue weighted by Gasteiger charge is -2.37. The number of hydrogen-bond donors (Lipinski definition) is 1. The first-order chi connectivity index (χ1) is 14.2. The second kappa shape index (κ2) is 7.85. The number of benzene rings is 2. The van der Waals surface area contributed by atoms with Gasteiger partial charge >= 0.3 is 0 Å². The molecule has 7 heteroatoms. The quantitative estimate of drug-likeness (QED) is 0.760. The number of morpholine rings is 1. The zero-order valence-electron chi connectivity index (χ0n) is 16.9. The van der Waals surface area contributed by atoms with Gasteiger partial charge in [0.05, 0.1) is 23.1 Å². The van der Waals surface area contributed by atoms with Crippen LogP contribution >= 0.6 is 11.6 Å². The minimum absolute atomic E-state index is 0.0641. The Morgan fingerprint density at radius 3 is 2.53 bits per heavy atom. The van der Waals surface area contributed by atoms with Gasteiger partial charge in [0.25, 0.3) is 5.91 Å². The molecule has 3 amide bonds. The predicted octanol–water partition coefficient (Wildman–Crippen LogP) is 3.67. The van der Waals surface area contributed by atoms with Crippen molar-refractivity contribution >= 4 is 35.0 Å². The van der Waals surface area contributed by atoms with Crippen LogP contribution in [0.25, 0.3) is 11.1 Å². The summed E-state index contributed by atoms with van der Waals surface area (Å²) in [5, 5.41) is 2.89. The number of hydrogen-bond acceptors (Lipinski definition) is 4. The number of carbonyl (C=O) groups is 3. The van der Waals surface area contributed by atoms with Crippen molar-refractivity contribution in [3.8, 4) is 11.1 Å². The Balaban J connectivity index is 1.61. The van der Waals surface area contributed by atoms with Gasteiger partial charge in [0.2, 0.25) is 11.8 Å². The molecule has 1 atom stereocenters. The maximum atomic E-state index is 12.3. The van der Waals surface area contributed by atoms with Crippen molar-refractivity contribution in [2.24, 2.45) is 0 Å². The third-order valence-corrected chi connectivity index (χ3v) is 5.98. The van der Waals surface area contributed by atoms with Crippen LogP contribution in [-0.4, -0.2) is 36.5 Å². The Morgan fingerprint density at radius 1 is 1.10 bits per heavy atom. The van der Waals surface area contributed by atoms with Gasteiger partial charge in [-0.1, -0.05) is 41.9 Å². The first-order valence-electron chi connectivity index (χ1n) is 9.92. The number of piperidine rings is 1. The molecule has 30 heavy (non-hydrogen) atoms. The van der Waals surface area contributed by atoms with E-state index in [0.717, 1.165) is 16.8 Å². The maximum Gasteiger partial charge on any atom is 0.253 e. The fourth-order valence-corrected chi connectivity index (χ4v) is 4.30. The molecule has 0 aliphatic carbocycles. The first kappa shape index (κ1) is 20.6. The molecule has 2 heterocycles. The summed E-state index contributed by atoms with van der Waals surface area (Å²) in [6, 6.07) is 13.2. The Morgan fingerprint density at radius 2 is 1.83 bits per heavy atom. The van der Waals surface area contributed by atoms with Crippen LogP contribution in [0.1, 0.15) is 38.2 Å². The number of imide groups is 1. The lowest BCUT2D eigenvalue weighted by Crippen LogP contribution is -2.51. The molecule has 0 saturated carbocycles. The maximum absolute atomic E-state index is 12.3. The van der Waals surface area contributed by atoms with Crippen LogP contribution in [0.3, 0.4) is 0 Å². The van der Waals surface area contributed by atoms with Crippen LogP contribution in [0.2, 0.25) is 5.02 Å². The highest BCUT2D eigenvalue weighted by molar-refractivity contribution is 6.34. The van der Waals surface area contributed by atoms with E-state index in [0.29, 0.717) is 30.0 Å². The molecule has 0 aromatic heterocycles. The highest BCUT2D eigenvalue weighted by Gasteiger charge is 2.33. The molecular weight excluding hydrogens is 404 g/mol. The number of nitrogens with one attached hydrogen (secondary N) is 1. The smallest absolute Gasteiger partial charge is 0.253 e. The molecule has 156 valence electrons. The summed E-state index contributed by atoms with van der Waals surface area (Å²) in [6.07, 6.45) is 0.747. The molecule has 4 rings (SSSR count). The predicted molar refractivity (Wildman–Crippen MR) is 114 cm³/mol. The van der Waals surface area contributed by atoms with Crippen molar-refractivity contribution in [2.45, 2.75) is 38.2 Å². The lowest BCUT2D eigenvalue weighted by molar-refractivity contribution is -0.135. The number of halogens is 1. The number of anilines is 1. The van der Waals surface area contributed by atoms with Gasteiger partial charge in [-0.05, 0) is 43.5 Å². The van der Waals surface area contributed by atoms with Crippen LogP contribution in [0.15, 0.2) is 42.5 Å². The first-order valence-corrected chi connectivity index (χ1v) is 10.3. The molecule has 2 aliphatic rings. The van der Waals surface area contributed by atoms with Crippen LogP contribution in [-0.2, 0) is 19.1 Å². The Kier molecular flexibility index (Phi) is 5.38. The number of carbonyl (C=O) groups excluding carboxylic acids is 3. The molecule has 2 aromatic carbocycles. The molecule has 1 N–H and O–H groups in total. The standard InChI is InChI=1S/C23H23ClN2O4/c1-23(2)13-26(20(28)12-30-23)15-8-6-14(7-9-15)16-4-3-5-17(21(16)24)18-10-11-19(27)25-22(18)29/h3-9,18H,10-13H2,1-2H3,(H,25,27,29). The Hall–Kier alpha value is -2.70. The zero-order valence-corrected chi connectivity index (χ0v) is 17.7. The van der Waals surface area contributed by atoms with Gasteiger partial charge < -0.3 is 9.64 Å². The summed E-state index contributed by atoms with van der Waals surface area (Å²) in [5.41, 5.74) is 2.81. The van der Waals surface area contributed by atoms with Gasteiger partial charge in [0, 0.05) is 17.7 Å². The van der Waals surface area contributed by atoms with Crippen LogP contribution in [0, 0.1) is 0 Å². The van der Waals surface area contributed by atoms with E-state index >= 15 is 0 Å². The van der Waals surface area contributed by atoms with E-state index < -0.39 is 11.5 Å². The average Bonchev–Trinajstić information content (AvgIpc) is 2.71. The van der Waals surface area contributed by atoms with Crippen molar-refractivity contribution in [2.75, 3.05) is 18.1 Å². The molecule has 6 nitrogen and oxygen atoms in total. The number of ether oxygens (including phenoxy) is 1. The van der Waals surface area contributed by atoms with E-state index in [4.69, 9.17) is 16.3 Å². The zero-order chi connectivity index (χ0) is 21.5. The van der Waals surface area contributed by atoms with Gasteiger partial charge in [-0.3, -0.25) is 19.7 Å². The van der Waals surface area contributed by atoms with Crippen molar-refractivity contribution < 1.29 is 19.1 Å². The van der Waals surface area contributed by atoms with Gasteiger partial charge in [0.1, 0.15) is 6.61 Å². The fourth-order valence-electron chi connectivity index (χ4n) is 3.94. The van der Waals surface area contributed by atoms with E-state index in [9.17, 15) is 14.4 Å². The minimum Gasteiger partial charge on any atom is -0.364 e. The van der Waals surface area contributed by atoms with Gasteiger partial charge in [0.15, 0.2) is 0 Å². The summed E-state index contributed by atoms with van der Waals surface area (Å²) in [7, 11) is 0.